The maximum Gasteiger partial charge on any atom is 0.170 e. The van der Waals surface area contributed by atoms with E-state index in [1.807, 2.05) is 35.2 Å². The molecule has 0 radical (unpaired) electrons. The molecule has 0 bridgehead atoms. The lowest BCUT2D eigenvalue weighted by molar-refractivity contribution is 0.355. The van der Waals surface area contributed by atoms with Crippen LogP contribution in [-0.4, -0.2) is 33.5 Å². The van der Waals surface area contributed by atoms with Crippen molar-refractivity contribution in [3.63, 3.8) is 0 Å². The number of thiol groups is 1. The molecule has 1 rings (SSSR count). The second kappa shape index (κ2) is 8.35. The molecule has 104 valence electrons. The van der Waals surface area contributed by atoms with Crippen LogP contribution in [0.5, 0.6) is 0 Å². The summed E-state index contributed by atoms with van der Waals surface area (Å²) < 4.78 is 0.610. The standard InChI is InChI=1S/C13H19N3S3/c1-3-16(13(18)19)10(2)9-14-12(17)15-11-7-5-4-6-8-11/h4-8,10H,3,9H2,1-2H3,(H,18,19)(H2,14,15,17). The Morgan fingerprint density at radius 1 is 1.32 bits per heavy atom. The van der Waals surface area contributed by atoms with Crippen molar-refractivity contribution >= 4 is 52.2 Å². The number of nitrogens with zero attached hydrogens (tertiary/aromatic N) is 1. The predicted molar refractivity (Wildman–Crippen MR) is 94.1 cm³/mol. The molecule has 0 fully saturated rings. The highest BCUT2D eigenvalue weighted by Gasteiger charge is 2.12. The SMILES string of the molecule is CCN(C(=S)S)C(C)CNC(=S)Nc1ccccc1. The number of nitrogens with one attached hydrogen (secondary N) is 2. The number of anilines is 1. The van der Waals surface area contributed by atoms with Crippen molar-refractivity contribution in [2.45, 2.75) is 19.9 Å². The average molecular weight is 314 g/mol. The van der Waals surface area contributed by atoms with E-state index >= 15 is 0 Å². The highest BCUT2D eigenvalue weighted by molar-refractivity contribution is 8.10. The van der Waals surface area contributed by atoms with Crippen LogP contribution < -0.4 is 10.6 Å². The van der Waals surface area contributed by atoms with Crippen molar-refractivity contribution < 1.29 is 0 Å². The number of hydrogen-bond donors (Lipinski definition) is 3. The van der Waals surface area contributed by atoms with Gasteiger partial charge in [0.15, 0.2) is 5.11 Å². The number of para-hydroxylation sites is 1. The highest BCUT2D eigenvalue weighted by Crippen LogP contribution is 2.05. The maximum absolute atomic E-state index is 5.25. The van der Waals surface area contributed by atoms with Crippen molar-refractivity contribution in [1.82, 2.24) is 10.2 Å². The van der Waals surface area contributed by atoms with Gasteiger partial charge in [0, 0.05) is 24.8 Å². The Balaban J connectivity index is 2.40. The first-order valence-electron chi connectivity index (χ1n) is 6.14. The Morgan fingerprint density at radius 2 is 1.95 bits per heavy atom. The van der Waals surface area contributed by atoms with Gasteiger partial charge in [-0.3, -0.25) is 0 Å². The van der Waals surface area contributed by atoms with Gasteiger partial charge in [0.05, 0.1) is 0 Å². The minimum Gasteiger partial charge on any atom is -0.360 e. The molecule has 0 aliphatic carbocycles. The van der Waals surface area contributed by atoms with E-state index in [1.54, 1.807) is 0 Å². The summed E-state index contributed by atoms with van der Waals surface area (Å²) in [4.78, 5) is 2.04. The topological polar surface area (TPSA) is 27.3 Å². The molecule has 3 nitrogen and oxygen atoms in total. The summed E-state index contributed by atoms with van der Waals surface area (Å²) in [5.41, 5.74) is 0.977. The Bertz CT molecular complexity index is 422. The van der Waals surface area contributed by atoms with Gasteiger partial charge in [0.1, 0.15) is 4.32 Å². The molecular formula is C13H19N3S3. The predicted octanol–water partition coefficient (Wildman–Crippen LogP) is 2.90. The Hall–Kier alpha value is -0.850. The zero-order chi connectivity index (χ0) is 14.3. The molecule has 0 aromatic heterocycles. The summed E-state index contributed by atoms with van der Waals surface area (Å²) in [6.07, 6.45) is 0. The molecule has 1 unspecified atom stereocenters. The highest BCUT2D eigenvalue weighted by atomic mass is 32.1. The largest absolute Gasteiger partial charge is 0.360 e. The van der Waals surface area contributed by atoms with E-state index in [-0.39, 0.29) is 6.04 Å². The molecule has 0 spiro atoms. The van der Waals surface area contributed by atoms with Crippen LogP contribution in [0.4, 0.5) is 5.69 Å². The van der Waals surface area contributed by atoms with Crippen molar-refractivity contribution in [2.24, 2.45) is 0 Å². The lowest BCUT2D eigenvalue weighted by Crippen LogP contribution is -2.44. The molecule has 1 aromatic carbocycles. The zero-order valence-corrected chi connectivity index (χ0v) is 13.6. The monoisotopic (exact) mass is 313 g/mol. The quantitative estimate of drug-likeness (QED) is 0.574. The first-order valence-corrected chi connectivity index (χ1v) is 7.40. The molecule has 0 aliphatic heterocycles. The van der Waals surface area contributed by atoms with Crippen LogP contribution in [0.2, 0.25) is 0 Å². The first-order chi connectivity index (χ1) is 9.04. The third kappa shape index (κ3) is 5.76. The van der Waals surface area contributed by atoms with Gasteiger partial charge in [-0.1, -0.05) is 30.4 Å². The van der Waals surface area contributed by atoms with Crippen molar-refractivity contribution in [2.75, 3.05) is 18.4 Å². The molecule has 1 aromatic rings. The molecule has 0 saturated heterocycles. The van der Waals surface area contributed by atoms with E-state index in [1.165, 1.54) is 0 Å². The summed E-state index contributed by atoms with van der Waals surface area (Å²) in [6, 6.07) is 10.1. The summed E-state index contributed by atoms with van der Waals surface area (Å²) >= 11 is 14.6. The third-order valence-electron chi connectivity index (χ3n) is 2.71. The van der Waals surface area contributed by atoms with Crippen LogP contribution in [0.3, 0.4) is 0 Å². The van der Waals surface area contributed by atoms with Gasteiger partial charge in [0.25, 0.3) is 0 Å². The minimum absolute atomic E-state index is 0.241. The summed E-state index contributed by atoms with van der Waals surface area (Å²) in [7, 11) is 0. The summed E-state index contributed by atoms with van der Waals surface area (Å²) in [5.74, 6) is 0. The minimum atomic E-state index is 0.241. The van der Waals surface area contributed by atoms with Gasteiger partial charge in [-0.2, -0.15) is 0 Å². The molecule has 19 heavy (non-hydrogen) atoms. The zero-order valence-electron chi connectivity index (χ0n) is 11.1. The Kier molecular flexibility index (Phi) is 7.12. The van der Waals surface area contributed by atoms with Crippen LogP contribution in [-0.2, 0) is 0 Å². The normalized spacial score (nSPS) is 11.5. The van der Waals surface area contributed by atoms with E-state index in [2.05, 4.69) is 37.1 Å². The van der Waals surface area contributed by atoms with E-state index in [4.69, 9.17) is 24.4 Å². The first kappa shape index (κ1) is 16.2. The van der Waals surface area contributed by atoms with Gasteiger partial charge in [-0.05, 0) is 38.2 Å². The van der Waals surface area contributed by atoms with Gasteiger partial charge in [0.2, 0.25) is 0 Å². The van der Waals surface area contributed by atoms with E-state index in [0.29, 0.717) is 16.0 Å². The fraction of sp³-hybridized carbons (Fsp3) is 0.385. The average Bonchev–Trinajstić information content (AvgIpc) is 2.38. The molecule has 0 heterocycles. The number of rotatable bonds is 5. The fourth-order valence-electron chi connectivity index (χ4n) is 1.68. The molecule has 1 atom stereocenters. The fourth-order valence-corrected chi connectivity index (χ4v) is 2.53. The van der Waals surface area contributed by atoms with Crippen LogP contribution in [0.25, 0.3) is 0 Å². The Morgan fingerprint density at radius 3 is 2.47 bits per heavy atom. The third-order valence-corrected chi connectivity index (χ3v) is 3.45. The summed E-state index contributed by atoms with van der Waals surface area (Å²) in [6.45, 7) is 5.70. The lowest BCUT2D eigenvalue weighted by atomic mass is 10.3. The molecule has 0 amide bonds. The molecule has 0 aliphatic rings. The smallest absolute Gasteiger partial charge is 0.170 e. The second-order valence-electron chi connectivity index (χ2n) is 4.12. The van der Waals surface area contributed by atoms with Crippen LogP contribution >= 0.6 is 37.1 Å². The van der Waals surface area contributed by atoms with E-state index in [9.17, 15) is 0 Å². The lowest BCUT2D eigenvalue weighted by Gasteiger charge is -2.28. The van der Waals surface area contributed by atoms with Gasteiger partial charge < -0.3 is 15.5 Å². The van der Waals surface area contributed by atoms with Gasteiger partial charge in [-0.25, -0.2) is 0 Å². The van der Waals surface area contributed by atoms with Gasteiger partial charge >= 0.3 is 0 Å². The van der Waals surface area contributed by atoms with Gasteiger partial charge in [-0.15, -0.1) is 12.6 Å². The molecule has 0 saturated carbocycles. The molecule has 2 N–H and O–H groups in total. The Labute approximate surface area is 131 Å². The van der Waals surface area contributed by atoms with E-state index < -0.39 is 0 Å². The summed E-state index contributed by atoms with van der Waals surface area (Å²) in [5, 5.41) is 6.93. The number of hydrogen-bond acceptors (Lipinski definition) is 2. The number of thiocarbonyl (C=S) groups is 2. The van der Waals surface area contributed by atoms with Crippen molar-refractivity contribution in [1.29, 1.82) is 0 Å². The maximum atomic E-state index is 5.25. The second-order valence-corrected chi connectivity index (χ2v) is 5.64. The molecule has 6 heteroatoms. The number of likely N-dealkylation sites (N-methyl/N-ethyl adjacent to an activating group) is 1. The van der Waals surface area contributed by atoms with Crippen LogP contribution in [0.1, 0.15) is 13.8 Å². The molecular weight excluding hydrogens is 294 g/mol. The van der Waals surface area contributed by atoms with Crippen LogP contribution in [0.15, 0.2) is 30.3 Å². The van der Waals surface area contributed by atoms with Crippen molar-refractivity contribution in [3.8, 4) is 0 Å². The van der Waals surface area contributed by atoms with Crippen molar-refractivity contribution in [3.05, 3.63) is 30.3 Å². The van der Waals surface area contributed by atoms with E-state index in [0.717, 1.165) is 12.2 Å². The number of benzene rings is 1. The van der Waals surface area contributed by atoms with Crippen LogP contribution in [0, 0.1) is 0 Å².